The van der Waals surface area contributed by atoms with Crippen molar-refractivity contribution in [2.24, 2.45) is 0 Å². The van der Waals surface area contributed by atoms with Crippen LogP contribution in [-0.2, 0) is 9.47 Å². The quantitative estimate of drug-likeness (QED) is 0.635. The third kappa shape index (κ3) is 4.07. The fourth-order valence-electron chi connectivity index (χ4n) is 2.10. The van der Waals surface area contributed by atoms with Gasteiger partial charge in [-0.05, 0) is 25.9 Å². The van der Waals surface area contributed by atoms with Gasteiger partial charge in [0, 0.05) is 33.4 Å². The number of hydrogen-bond acceptors (Lipinski definition) is 4. The first-order valence-electron chi connectivity index (χ1n) is 5.82. The molecule has 1 aliphatic heterocycles. The zero-order valence-corrected chi connectivity index (χ0v) is 10.2. The molecule has 0 bridgehead atoms. The van der Waals surface area contributed by atoms with Gasteiger partial charge in [0.15, 0.2) is 6.29 Å². The van der Waals surface area contributed by atoms with Crippen LogP contribution in [0.5, 0.6) is 0 Å². The smallest absolute Gasteiger partial charge is 0.169 e. The second kappa shape index (κ2) is 7.17. The van der Waals surface area contributed by atoms with Gasteiger partial charge in [-0.3, -0.25) is 4.90 Å². The number of hydrogen-bond donors (Lipinski definition) is 1. The van der Waals surface area contributed by atoms with Gasteiger partial charge in [0.25, 0.3) is 0 Å². The molecule has 0 aromatic carbocycles. The average molecular weight is 216 g/mol. The fraction of sp³-hybridized carbons (Fsp3) is 1.00. The van der Waals surface area contributed by atoms with E-state index in [4.69, 9.17) is 9.47 Å². The highest BCUT2D eigenvalue weighted by Gasteiger charge is 2.23. The molecule has 0 radical (unpaired) electrons. The Morgan fingerprint density at radius 3 is 2.60 bits per heavy atom. The zero-order valence-electron chi connectivity index (χ0n) is 10.2. The molecule has 1 atom stereocenters. The van der Waals surface area contributed by atoms with Crippen molar-refractivity contribution in [2.75, 3.05) is 40.4 Å². The van der Waals surface area contributed by atoms with Crippen molar-refractivity contribution in [3.05, 3.63) is 0 Å². The van der Waals surface area contributed by atoms with Crippen molar-refractivity contribution >= 4 is 0 Å². The van der Waals surface area contributed by atoms with Crippen LogP contribution in [-0.4, -0.2) is 57.6 Å². The van der Waals surface area contributed by atoms with Gasteiger partial charge >= 0.3 is 0 Å². The molecule has 1 aliphatic rings. The van der Waals surface area contributed by atoms with Crippen molar-refractivity contribution in [2.45, 2.75) is 32.1 Å². The molecule has 0 aliphatic carbocycles. The number of nitrogens with one attached hydrogen (secondary N) is 1. The molecule has 4 nitrogen and oxygen atoms in total. The Morgan fingerprint density at radius 1 is 1.40 bits per heavy atom. The largest absolute Gasteiger partial charge is 0.355 e. The fourth-order valence-corrected chi connectivity index (χ4v) is 2.10. The molecule has 0 saturated carbocycles. The Bertz CT molecular complexity index is 157. The van der Waals surface area contributed by atoms with E-state index in [0.29, 0.717) is 6.04 Å². The maximum atomic E-state index is 5.25. The van der Waals surface area contributed by atoms with Crippen LogP contribution in [0, 0.1) is 0 Å². The second-order valence-electron chi connectivity index (χ2n) is 4.04. The maximum absolute atomic E-state index is 5.25. The Kier molecular flexibility index (Phi) is 6.17. The minimum absolute atomic E-state index is 0.0999. The van der Waals surface area contributed by atoms with Crippen LogP contribution in [0.4, 0.5) is 0 Å². The van der Waals surface area contributed by atoms with Crippen molar-refractivity contribution in [1.82, 2.24) is 10.2 Å². The molecule has 1 unspecified atom stereocenters. The van der Waals surface area contributed by atoms with Gasteiger partial charge in [-0.25, -0.2) is 0 Å². The molecule has 0 aromatic rings. The Labute approximate surface area is 92.9 Å². The molecule has 15 heavy (non-hydrogen) atoms. The van der Waals surface area contributed by atoms with Crippen LogP contribution >= 0.6 is 0 Å². The summed E-state index contributed by atoms with van der Waals surface area (Å²) < 4.78 is 10.5. The van der Waals surface area contributed by atoms with Crippen molar-refractivity contribution in [3.63, 3.8) is 0 Å². The molecule has 1 fully saturated rings. The van der Waals surface area contributed by atoms with E-state index < -0.39 is 0 Å². The first kappa shape index (κ1) is 12.9. The summed E-state index contributed by atoms with van der Waals surface area (Å²) in [6, 6.07) is 0.651. The standard InChI is InChI=1S/C11H24N2O2/c1-4-7-13(9-11(14-2)15-3)10-5-6-12-8-10/h10-12H,4-9H2,1-3H3. The van der Waals surface area contributed by atoms with Gasteiger partial charge in [-0.1, -0.05) is 6.92 Å². The van der Waals surface area contributed by atoms with Crippen LogP contribution in [0.1, 0.15) is 19.8 Å². The molecule has 90 valence electrons. The van der Waals surface area contributed by atoms with E-state index in [0.717, 1.165) is 26.2 Å². The van der Waals surface area contributed by atoms with E-state index in [1.165, 1.54) is 12.8 Å². The van der Waals surface area contributed by atoms with Gasteiger partial charge < -0.3 is 14.8 Å². The lowest BCUT2D eigenvalue weighted by atomic mass is 10.2. The number of rotatable bonds is 7. The van der Waals surface area contributed by atoms with Crippen molar-refractivity contribution < 1.29 is 9.47 Å². The van der Waals surface area contributed by atoms with Gasteiger partial charge in [-0.15, -0.1) is 0 Å². The molecule has 4 heteroatoms. The Hall–Kier alpha value is -0.160. The summed E-state index contributed by atoms with van der Waals surface area (Å²) in [5.74, 6) is 0. The highest BCUT2D eigenvalue weighted by molar-refractivity contribution is 4.80. The summed E-state index contributed by atoms with van der Waals surface area (Å²) in [5, 5.41) is 3.40. The van der Waals surface area contributed by atoms with Crippen LogP contribution in [0.25, 0.3) is 0 Å². The number of nitrogens with zero attached hydrogens (tertiary/aromatic N) is 1. The van der Waals surface area contributed by atoms with E-state index in [1.807, 2.05) is 0 Å². The molecule has 1 N–H and O–H groups in total. The zero-order chi connectivity index (χ0) is 11.1. The minimum atomic E-state index is -0.0999. The van der Waals surface area contributed by atoms with Gasteiger partial charge in [-0.2, -0.15) is 0 Å². The normalized spacial score (nSPS) is 21.8. The molecular weight excluding hydrogens is 192 g/mol. The minimum Gasteiger partial charge on any atom is -0.355 e. The van der Waals surface area contributed by atoms with E-state index in [2.05, 4.69) is 17.1 Å². The third-order valence-electron chi connectivity index (χ3n) is 2.97. The van der Waals surface area contributed by atoms with E-state index in [-0.39, 0.29) is 6.29 Å². The van der Waals surface area contributed by atoms with Gasteiger partial charge in [0.1, 0.15) is 0 Å². The first-order chi connectivity index (χ1) is 7.31. The van der Waals surface area contributed by atoms with E-state index >= 15 is 0 Å². The predicted molar refractivity (Wildman–Crippen MR) is 60.9 cm³/mol. The summed E-state index contributed by atoms with van der Waals surface area (Å²) in [5.41, 5.74) is 0. The summed E-state index contributed by atoms with van der Waals surface area (Å²) in [6.45, 7) is 6.43. The number of ether oxygens (including phenoxy) is 2. The van der Waals surface area contributed by atoms with Gasteiger partial charge in [0.05, 0.1) is 0 Å². The summed E-state index contributed by atoms with van der Waals surface area (Å²) in [6.07, 6.45) is 2.31. The monoisotopic (exact) mass is 216 g/mol. The van der Waals surface area contributed by atoms with Gasteiger partial charge in [0.2, 0.25) is 0 Å². The Morgan fingerprint density at radius 2 is 2.13 bits per heavy atom. The summed E-state index contributed by atoms with van der Waals surface area (Å²) in [4.78, 5) is 2.47. The van der Waals surface area contributed by atoms with E-state index in [1.54, 1.807) is 14.2 Å². The maximum Gasteiger partial charge on any atom is 0.169 e. The molecule has 1 saturated heterocycles. The lowest BCUT2D eigenvalue weighted by molar-refractivity contribution is -0.119. The molecule has 1 heterocycles. The highest BCUT2D eigenvalue weighted by Crippen LogP contribution is 2.10. The Balaban J connectivity index is 2.40. The SMILES string of the molecule is CCCN(CC(OC)OC)C1CCNC1. The van der Waals surface area contributed by atoms with Crippen LogP contribution in [0.15, 0.2) is 0 Å². The molecular formula is C11H24N2O2. The highest BCUT2D eigenvalue weighted by atomic mass is 16.7. The summed E-state index contributed by atoms with van der Waals surface area (Å²) >= 11 is 0. The molecule has 0 spiro atoms. The van der Waals surface area contributed by atoms with Crippen LogP contribution in [0.3, 0.4) is 0 Å². The molecule has 0 aromatic heterocycles. The number of methoxy groups -OCH3 is 2. The van der Waals surface area contributed by atoms with Crippen LogP contribution < -0.4 is 5.32 Å². The first-order valence-corrected chi connectivity index (χ1v) is 5.82. The second-order valence-corrected chi connectivity index (χ2v) is 4.04. The van der Waals surface area contributed by atoms with Crippen LogP contribution in [0.2, 0.25) is 0 Å². The summed E-state index contributed by atoms with van der Waals surface area (Å²) in [7, 11) is 3.40. The van der Waals surface area contributed by atoms with Crippen molar-refractivity contribution in [1.29, 1.82) is 0 Å². The lowest BCUT2D eigenvalue weighted by Gasteiger charge is -2.30. The predicted octanol–water partition coefficient (Wildman–Crippen LogP) is 0.679. The topological polar surface area (TPSA) is 33.7 Å². The molecule has 0 amide bonds. The third-order valence-corrected chi connectivity index (χ3v) is 2.97. The van der Waals surface area contributed by atoms with Crippen molar-refractivity contribution in [3.8, 4) is 0 Å². The average Bonchev–Trinajstić information content (AvgIpc) is 2.77. The molecule has 1 rings (SSSR count). The lowest BCUT2D eigenvalue weighted by Crippen LogP contribution is -2.43. The van der Waals surface area contributed by atoms with E-state index in [9.17, 15) is 0 Å².